The smallest absolute Gasteiger partial charge is 0.412 e. The molecular weight excluding hydrogens is 411 g/mol. The monoisotopic (exact) mass is 424 g/mol. The molecule has 0 spiro atoms. The van der Waals surface area contributed by atoms with Crippen molar-refractivity contribution in [3.8, 4) is 0 Å². The molecule has 4 nitrogen and oxygen atoms in total. The number of hydrogen-bond acceptors (Lipinski definition) is 4. The minimum absolute atomic E-state index is 0.133. The molecule has 1 N–H and O–H groups in total. The van der Waals surface area contributed by atoms with Crippen molar-refractivity contribution in [1.29, 1.82) is 0 Å². The molecule has 0 aliphatic carbocycles. The summed E-state index contributed by atoms with van der Waals surface area (Å²) < 4.78 is 98.3. The van der Waals surface area contributed by atoms with Crippen LogP contribution in [-0.4, -0.2) is 25.6 Å². The lowest BCUT2D eigenvalue weighted by atomic mass is 9.97. The first kappa shape index (κ1) is 20.6. The Kier molecular flexibility index (Phi) is 5.40. The molecule has 0 saturated heterocycles. The lowest BCUT2D eigenvalue weighted by molar-refractivity contribution is -0.165. The summed E-state index contributed by atoms with van der Waals surface area (Å²) in [4.78, 5) is 0. The van der Waals surface area contributed by atoms with E-state index in [9.17, 15) is 30.9 Å². The van der Waals surface area contributed by atoms with Crippen molar-refractivity contribution in [2.45, 2.75) is 12.4 Å². The van der Waals surface area contributed by atoms with Crippen molar-refractivity contribution >= 4 is 19.0 Å². The van der Waals surface area contributed by atoms with E-state index in [4.69, 9.17) is 0 Å². The molecule has 1 heterocycles. The Morgan fingerprint density at radius 1 is 0.786 bits per heavy atom. The van der Waals surface area contributed by atoms with Gasteiger partial charge in [0, 0.05) is 5.66 Å². The summed E-state index contributed by atoms with van der Waals surface area (Å²) in [5.41, 5.74) is 0.610. The van der Waals surface area contributed by atoms with E-state index in [1.165, 1.54) is 24.3 Å². The van der Waals surface area contributed by atoms with Gasteiger partial charge in [-0.2, -0.15) is 26.3 Å². The number of fused-ring (bicyclic) bond motifs is 2. The molecule has 0 radical (unpaired) electrons. The summed E-state index contributed by atoms with van der Waals surface area (Å²) >= 11 is 0. The highest BCUT2D eigenvalue weighted by atomic mass is 31.2. The van der Waals surface area contributed by atoms with Gasteiger partial charge in [0.05, 0.1) is 0 Å². The molecule has 2 aromatic rings. The van der Waals surface area contributed by atoms with Gasteiger partial charge in [-0.05, 0) is 11.4 Å². The van der Waals surface area contributed by atoms with E-state index in [0.29, 0.717) is 11.4 Å². The first-order chi connectivity index (χ1) is 13.0. The zero-order valence-electron chi connectivity index (χ0n) is 14.0. The number of hydrogen-bond donors (Lipinski definition) is 1. The maximum absolute atomic E-state index is 13.3. The van der Waals surface area contributed by atoms with Gasteiger partial charge in [-0.15, -0.1) is 12.1 Å². The highest BCUT2D eigenvalue weighted by Gasteiger charge is 2.44. The third kappa shape index (κ3) is 4.63. The van der Waals surface area contributed by atoms with E-state index in [-0.39, 0.29) is 16.8 Å². The van der Waals surface area contributed by atoms with Crippen LogP contribution in [0.4, 0.5) is 37.7 Å². The Bertz CT molecular complexity index is 831. The Hall–Kier alpha value is -2.16. The standard InChI is InChI=1S/C17H13F6NO3P/c18-16(19,20)9-26-28(25,27-10-17(21,22)23)15-11-5-1-3-7-13(11)24-14-8-4-2-6-12(14)15/h1-8,24H,9-10H2/q-1. The minimum Gasteiger partial charge on any atom is -0.418 e. The van der Waals surface area contributed by atoms with E-state index in [1.807, 2.05) is 0 Å². The summed E-state index contributed by atoms with van der Waals surface area (Å²) in [6, 6.07) is 12.1. The second kappa shape index (κ2) is 7.35. The lowest BCUT2D eigenvalue weighted by Gasteiger charge is -2.39. The molecule has 0 amide bonds. The van der Waals surface area contributed by atoms with Crippen LogP contribution in [0.25, 0.3) is 0 Å². The van der Waals surface area contributed by atoms with Crippen molar-refractivity contribution < 1.29 is 40.0 Å². The average molecular weight is 424 g/mol. The zero-order valence-corrected chi connectivity index (χ0v) is 14.9. The predicted molar refractivity (Wildman–Crippen MR) is 89.2 cm³/mol. The maximum Gasteiger partial charge on any atom is 0.412 e. The van der Waals surface area contributed by atoms with Crippen LogP contribution in [0.1, 0.15) is 11.1 Å². The second-order valence-corrected chi connectivity index (χ2v) is 7.80. The quantitative estimate of drug-likeness (QED) is 0.362. The Morgan fingerprint density at radius 2 is 1.18 bits per heavy atom. The van der Waals surface area contributed by atoms with Gasteiger partial charge in [0.15, 0.2) is 13.2 Å². The fourth-order valence-corrected chi connectivity index (χ4v) is 4.61. The molecule has 3 rings (SSSR count). The van der Waals surface area contributed by atoms with Crippen molar-refractivity contribution in [2.24, 2.45) is 0 Å². The van der Waals surface area contributed by atoms with Crippen LogP contribution < -0.4 is 5.32 Å². The van der Waals surface area contributed by atoms with Crippen LogP contribution >= 0.6 is 7.60 Å². The predicted octanol–water partition coefficient (Wildman–Crippen LogP) is 6.02. The normalized spacial score (nSPS) is 14.3. The van der Waals surface area contributed by atoms with Crippen LogP contribution in [-0.2, 0) is 13.6 Å². The summed E-state index contributed by atoms with van der Waals surface area (Å²) in [7, 11) is -5.02. The number of para-hydroxylation sites is 2. The summed E-state index contributed by atoms with van der Waals surface area (Å²) in [5.74, 6) is 0. The molecule has 0 unspecified atom stereocenters. The number of benzene rings is 2. The first-order valence-electron chi connectivity index (χ1n) is 7.84. The fraction of sp³-hybridized carbons (Fsp3) is 0.235. The van der Waals surface area contributed by atoms with E-state index < -0.39 is 33.2 Å². The van der Waals surface area contributed by atoms with Gasteiger partial charge in [-0.1, -0.05) is 47.5 Å². The molecule has 0 bridgehead atoms. The highest BCUT2D eigenvalue weighted by molar-refractivity contribution is 7.58. The molecule has 0 atom stereocenters. The number of anilines is 2. The number of alkyl halides is 6. The van der Waals surface area contributed by atoms with Crippen molar-refractivity contribution in [3.63, 3.8) is 0 Å². The van der Waals surface area contributed by atoms with Gasteiger partial charge in [0.2, 0.25) is 0 Å². The van der Waals surface area contributed by atoms with Crippen molar-refractivity contribution in [3.05, 3.63) is 65.3 Å². The van der Waals surface area contributed by atoms with Crippen LogP contribution in [0.15, 0.2) is 48.5 Å². The number of halogens is 6. The summed E-state index contributed by atoms with van der Waals surface area (Å²) in [5, 5.41) is 2.99. The zero-order chi connectivity index (χ0) is 20.6. The summed E-state index contributed by atoms with van der Waals surface area (Å²) in [6.07, 6.45) is -9.83. The van der Waals surface area contributed by atoms with E-state index in [1.54, 1.807) is 24.3 Å². The van der Waals surface area contributed by atoms with Crippen LogP contribution in [0.5, 0.6) is 0 Å². The molecule has 1 aliphatic heterocycles. The van der Waals surface area contributed by atoms with E-state index >= 15 is 0 Å². The molecule has 1 aliphatic rings. The van der Waals surface area contributed by atoms with E-state index in [2.05, 4.69) is 14.4 Å². The Morgan fingerprint density at radius 3 is 1.57 bits per heavy atom. The number of rotatable bonds is 5. The van der Waals surface area contributed by atoms with Crippen LogP contribution in [0, 0.1) is 5.66 Å². The third-order valence-electron chi connectivity index (χ3n) is 3.70. The lowest BCUT2D eigenvalue weighted by Crippen LogP contribution is -2.24. The molecule has 0 aromatic heterocycles. The van der Waals surface area contributed by atoms with Gasteiger partial charge in [0.25, 0.3) is 0 Å². The first-order valence-corrected chi connectivity index (χ1v) is 9.39. The average Bonchev–Trinajstić information content (AvgIpc) is 2.61. The highest BCUT2D eigenvalue weighted by Crippen LogP contribution is 2.66. The number of nitrogens with one attached hydrogen (secondary N) is 1. The largest absolute Gasteiger partial charge is 0.418 e. The Balaban J connectivity index is 2.09. The third-order valence-corrected chi connectivity index (χ3v) is 5.67. The van der Waals surface area contributed by atoms with Gasteiger partial charge in [0.1, 0.15) is 0 Å². The molecule has 0 fully saturated rings. The minimum atomic E-state index is -5.02. The molecule has 0 saturated carbocycles. The van der Waals surface area contributed by atoms with Gasteiger partial charge in [-0.3, -0.25) is 4.57 Å². The molecule has 152 valence electrons. The molecule has 2 aromatic carbocycles. The maximum atomic E-state index is 13.3. The Labute approximate surface area is 156 Å². The van der Waals surface area contributed by atoms with Crippen LogP contribution in [0.3, 0.4) is 0 Å². The molecule has 11 heteroatoms. The molecule has 28 heavy (non-hydrogen) atoms. The van der Waals surface area contributed by atoms with Gasteiger partial charge < -0.3 is 14.4 Å². The van der Waals surface area contributed by atoms with Crippen LogP contribution in [0.2, 0.25) is 0 Å². The second-order valence-electron chi connectivity index (χ2n) is 5.84. The van der Waals surface area contributed by atoms with Gasteiger partial charge >= 0.3 is 19.9 Å². The SMILES string of the molecule is O=P(OCC(F)(F)F)(OCC(F)(F)F)[C-]1c2ccccc2Nc2ccccc21. The summed E-state index contributed by atoms with van der Waals surface area (Å²) in [6.45, 7) is -4.05. The fourth-order valence-electron chi connectivity index (χ4n) is 2.67. The van der Waals surface area contributed by atoms with Crippen molar-refractivity contribution in [1.82, 2.24) is 0 Å². The molecular formula is C17H13F6NO3P-. The van der Waals surface area contributed by atoms with E-state index in [0.717, 1.165) is 0 Å². The van der Waals surface area contributed by atoms with Gasteiger partial charge in [-0.25, -0.2) is 0 Å². The topological polar surface area (TPSA) is 47.6 Å². The van der Waals surface area contributed by atoms with Crippen molar-refractivity contribution in [2.75, 3.05) is 18.5 Å².